The van der Waals surface area contributed by atoms with E-state index in [1.165, 1.54) is 11.1 Å². The lowest BCUT2D eigenvalue weighted by atomic mass is 9.87. The van der Waals surface area contributed by atoms with E-state index in [4.69, 9.17) is 9.73 Å². The summed E-state index contributed by atoms with van der Waals surface area (Å²) in [5, 5.41) is 14.2. The highest BCUT2D eigenvalue weighted by atomic mass is 16.6. The van der Waals surface area contributed by atoms with E-state index >= 15 is 0 Å². The normalized spacial score (nSPS) is 20.7. The molecule has 1 saturated heterocycles. The molecule has 0 radical (unpaired) electrons. The number of hydrogen-bond donors (Lipinski definition) is 2. The van der Waals surface area contributed by atoms with Gasteiger partial charge in [-0.15, -0.1) is 0 Å². The minimum absolute atomic E-state index is 0.0897. The van der Waals surface area contributed by atoms with Gasteiger partial charge in [0, 0.05) is 49.7 Å². The van der Waals surface area contributed by atoms with Gasteiger partial charge in [-0.25, -0.2) is 4.79 Å². The summed E-state index contributed by atoms with van der Waals surface area (Å²) in [6.45, 7) is 5.46. The number of benzene rings is 2. The molecule has 0 saturated carbocycles. The third-order valence-electron chi connectivity index (χ3n) is 6.00. The summed E-state index contributed by atoms with van der Waals surface area (Å²) in [5.41, 5.74) is 3.65. The lowest BCUT2D eigenvalue weighted by molar-refractivity contribution is 0.0779. The fraction of sp³-hybridized carbons (Fsp3) is 0.417. The Balaban J connectivity index is 1.64. The maximum absolute atomic E-state index is 12.1. The van der Waals surface area contributed by atoms with Gasteiger partial charge in [-0.2, -0.15) is 0 Å². The van der Waals surface area contributed by atoms with Crippen LogP contribution in [0.4, 0.5) is 4.79 Å². The summed E-state index contributed by atoms with van der Waals surface area (Å²) in [6.07, 6.45) is 1.84. The Labute approximate surface area is 177 Å². The molecule has 2 heterocycles. The molecule has 2 aromatic carbocycles. The Morgan fingerprint density at radius 1 is 1.20 bits per heavy atom. The Hall–Kier alpha value is -2.86. The number of aryl methyl sites for hydroxylation is 1. The first kappa shape index (κ1) is 20.4. The molecule has 1 amide bonds. The highest BCUT2D eigenvalue weighted by molar-refractivity contribution is 6.03. The number of nitrogens with zero attached hydrogens (tertiary/aromatic N) is 2. The van der Waals surface area contributed by atoms with E-state index in [2.05, 4.69) is 36.5 Å². The van der Waals surface area contributed by atoms with Crippen LogP contribution in [-0.4, -0.2) is 47.2 Å². The molecule has 6 heteroatoms. The molecule has 0 aromatic heterocycles. The maximum atomic E-state index is 12.1. The van der Waals surface area contributed by atoms with Crippen LogP contribution in [0.15, 0.2) is 53.5 Å². The number of phenolic OH excluding ortho intramolecular Hbond substituents is 1. The molecule has 1 spiro atoms. The highest BCUT2D eigenvalue weighted by Crippen LogP contribution is 2.36. The molecule has 2 aliphatic heterocycles. The van der Waals surface area contributed by atoms with E-state index in [1.807, 2.05) is 25.1 Å². The van der Waals surface area contributed by atoms with Crippen molar-refractivity contribution in [3.8, 4) is 5.75 Å². The minimum Gasteiger partial charge on any atom is -0.507 e. The van der Waals surface area contributed by atoms with Gasteiger partial charge in [0.25, 0.3) is 0 Å². The van der Waals surface area contributed by atoms with Crippen LogP contribution < -0.4 is 5.32 Å². The first-order valence-corrected chi connectivity index (χ1v) is 10.6. The largest absolute Gasteiger partial charge is 0.507 e. The molecule has 30 heavy (non-hydrogen) atoms. The molecule has 0 aliphatic carbocycles. The van der Waals surface area contributed by atoms with Crippen molar-refractivity contribution in [2.24, 2.45) is 4.99 Å². The number of carbonyl (C=O) groups is 1. The van der Waals surface area contributed by atoms with Crippen LogP contribution in [0.5, 0.6) is 5.75 Å². The van der Waals surface area contributed by atoms with Crippen LogP contribution in [0.2, 0.25) is 0 Å². The topological polar surface area (TPSA) is 74.2 Å². The second kappa shape index (κ2) is 8.48. The number of aliphatic imine (C=N–C) groups is 1. The van der Waals surface area contributed by atoms with E-state index in [0.29, 0.717) is 39.0 Å². The van der Waals surface area contributed by atoms with Gasteiger partial charge in [0.2, 0.25) is 0 Å². The van der Waals surface area contributed by atoms with Crippen LogP contribution in [0.3, 0.4) is 0 Å². The summed E-state index contributed by atoms with van der Waals surface area (Å²) >= 11 is 0. The molecular formula is C24H29N3O3. The average molecular weight is 408 g/mol. The van der Waals surface area contributed by atoms with Gasteiger partial charge in [-0.3, -0.25) is 10.3 Å². The van der Waals surface area contributed by atoms with Crippen molar-refractivity contribution in [1.82, 2.24) is 10.2 Å². The van der Waals surface area contributed by atoms with Crippen molar-refractivity contribution in [3.63, 3.8) is 0 Å². The molecule has 158 valence electrons. The predicted molar refractivity (Wildman–Crippen MR) is 117 cm³/mol. The summed E-state index contributed by atoms with van der Waals surface area (Å²) in [4.78, 5) is 19.0. The lowest BCUT2D eigenvalue weighted by Gasteiger charge is -2.45. The van der Waals surface area contributed by atoms with Crippen molar-refractivity contribution in [2.45, 2.75) is 44.8 Å². The quantitative estimate of drug-likeness (QED) is 0.801. The fourth-order valence-electron chi connectivity index (χ4n) is 4.32. The number of hydrogen-bond acceptors (Lipinski definition) is 5. The number of para-hydroxylation sites is 1. The van der Waals surface area contributed by atoms with Crippen LogP contribution in [-0.2, 0) is 4.74 Å². The fourth-order valence-corrected chi connectivity index (χ4v) is 4.32. The van der Waals surface area contributed by atoms with Gasteiger partial charge >= 0.3 is 6.09 Å². The molecule has 2 aliphatic rings. The van der Waals surface area contributed by atoms with Crippen molar-refractivity contribution in [3.05, 3.63) is 65.2 Å². The lowest BCUT2D eigenvalue weighted by Crippen LogP contribution is -2.56. The Bertz CT molecular complexity index is 931. The maximum Gasteiger partial charge on any atom is 0.409 e. The SMILES string of the molecule is CCOC(=O)N1CCC2(CC1)N=C(c1ccccc1O)CC(c1ccc(C)cc1)N2. The molecule has 1 unspecified atom stereocenters. The van der Waals surface area contributed by atoms with Crippen LogP contribution in [0.1, 0.15) is 48.9 Å². The molecule has 6 nitrogen and oxygen atoms in total. The smallest absolute Gasteiger partial charge is 0.409 e. The summed E-state index contributed by atoms with van der Waals surface area (Å²) in [7, 11) is 0. The zero-order chi connectivity index (χ0) is 21.1. The Kier molecular flexibility index (Phi) is 5.77. The summed E-state index contributed by atoms with van der Waals surface area (Å²) < 4.78 is 5.16. The summed E-state index contributed by atoms with van der Waals surface area (Å²) in [6, 6.07) is 16.0. The Morgan fingerprint density at radius 3 is 2.57 bits per heavy atom. The number of likely N-dealkylation sites (tertiary alicyclic amines) is 1. The van der Waals surface area contributed by atoms with E-state index in [-0.39, 0.29) is 17.9 Å². The van der Waals surface area contributed by atoms with Gasteiger partial charge in [0.15, 0.2) is 0 Å². The number of nitrogens with one attached hydrogen (secondary N) is 1. The number of carbonyl (C=O) groups excluding carboxylic acids is 1. The first-order valence-electron chi connectivity index (χ1n) is 10.6. The van der Waals surface area contributed by atoms with E-state index in [1.54, 1.807) is 11.0 Å². The number of piperidine rings is 1. The van der Waals surface area contributed by atoms with Crippen molar-refractivity contribution in [1.29, 1.82) is 0 Å². The zero-order valence-corrected chi connectivity index (χ0v) is 17.6. The van der Waals surface area contributed by atoms with Gasteiger partial charge in [0.05, 0.1) is 6.61 Å². The third-order valence-corrected chi connectivity index (χ3v) is 6.00. The molecule has 2 aromatic rings. The number of amides is 1. The number of ether oxygens (including phenoxy) is 1. The van der Waals surface area contributed by atoms with E-state index < -0.39 is 5.66 Å². The number of rotatable bonds is 3. The van der Waals surface area contributed by atoms with E-state index in [0.717, 1.165) is 11.3 Å². The molecule has 2 N–H and O–H groups in total. The molecule has 1 fully saturated rings. The van der Waals surface area contributed by atoms with Crippen molar-refractivity contribution >= 4 is 11.8 Å². The third kappa shape index (κ3) is 4.19. The number of aromatic hydroxyl groups is 1. The predicted octanol–water partition coefficient (Wildman–Crippen LogP) is 4.17. The van der Waals surface area contributed by atoms with Gasteiger partial charge in [-0.1, -0.05) is 42.0 Å². The molecule has 0 bridgehead atoms. The minimum atomic E-state index is -0.464. The number of phenols is 1. The molecule has 4 rings (SSSR count). The van der Waals surface area contributed by atoms with E-state index in [9.17, 15) is 9.90 Å². The molecular weight excluding hydrogens is 378 g/mol. The van der Waals surface area contributed by atoms with Crippen LogP contribution in [0, 0.1) is 6.92 Å². The molecule has 1 atom stereocenters. The van der Waals surface area contributed by atoms with Gasteiger partial charge < -0.3 is 14.7 Å². The van der Waals surface area contributed by atoms with Crippen molar-refractivity contribution < 1.29 is 14.6 Å². The van der Waals surface area contributed by atoms with Gasteiger partial charge in [-0.05, 0) is 31.5 Å². The first-order chi connectivity index (χ1) is 14.5. The highest BCUT2D eigenvalue weighted by Gasteiger charge is 2.41. The van der Waals surface area contributed by atoms with Crippen molar-refractivity contribution in [2.75, 3.05) is 19.7 Å². The Morgan fingerprint density at radius 2 is 1.90 bits per heavy atom. The zero-order valence-electron chi connectivity index (χ0n) is 17.6. The second-order valence-corrected chi connectivity index (χ2v) is 8.10. The summed E-state index contributed by atoms with van der Waals surface area (Å²) in [5.74, 6) is 0.250. The second-order valence-electron chi connectivity index (χ2n) is 8.10. The standard InChI is InChI=1S/C24H29N3O3/c1-3-30-23(29)27-14-12-24(13-15-27)25-20(18-10-8-17(2)9-11-18)16-21(26-24)19-6-4-5-7-22(19)28/h4-11,20,25,28H,3,12-16H2,1-2H3. The average Bonchev–Trinajstić information content (AvgIpc) is 2.75. The monoisotopic (exact) mass is 407 g/mol. The van der Waals surface area contributed by atoms with Crippen LogP contribution in [0.25, 0.3) is 0 Å². The van der Waals surface area contributed by atoms with Crippen LogP contribution >= 0.6 is 0 Å². The van der Waals surface area contributed by atoms with Gasteiger partial charge in [0.1, 0.15) is 11.4 Å².